The van der Waals surface area contributed by atoms with E-state index in [0.717, 1.165) is 23.3 Å². The third-order valence-electron chi connectivity index (χ3n) is 3.82. The number of nitrogens with one attached hydrogen (secondary N) is 1. The Morgan fingerprint density at radius 3 is 3.00 bits per heavy atom. The van der Waals surface area contributed by atoms with Crippen LogP contribution < -0.4 is 10.1 Å². The molecule has 2 aromatic carbocycles. The van der Waals surface area contributed by atoms with Crippen LogP contribution in [0, 0.1) is 5.82 Å². The first-order valence-corrected chi connectivity index (χ1v) is 7.17. The molecule has 5 heteroatoms. The van der Waals surface area contributed by atoms with E-state index in [1.807, 2.05) is 18.2 Å². The molecule has 1 aliphatic heterocycles. The molecule has 1 atom stereocenters. The Kier molecular flexibility index (Phi) is 3.11. The molecule has 1 aromatic heterocycles. The number of para-hydroxylation sites is 1. The number of benzene rings is 2. The second kappa shape index (κ2) is 5.26. The SMILES string of the molecule is Fc1ccc2ncnc(NC3COc4ccccc4C3)c2c1. The molecule has 22 heavy (non-hydrogen) atoms. The van der Waals surface area contributed by atoms with Crippen LogP contribution in [0.5, 0.6) is 5.75 Å². The van der Waals surface area contributed by atoms with Gasteiger partial charge in [0.2, 0.25) is 0 Å². The van der Waals surface area contributed by atoms with Crippen molar-refractivity contribution in [3.63, 3.8) is 0 Å². The molecule has 3 aromatic rings. The van der Waals surface area contributed by atoms with Crippen LogP contribution in [0.25, 0.3) is 10.9 Å². The van der Waals surface area contributed by atoms with E-state index in [9.17, 15) is 4.39 Å². The van der Waals surface area contributed by atoms with E-state index >= 15 is 0 Å². The molecule has 4 rings (SSSR count). The van der Waals surface area contributed by atoms with Gasteiger partial charge in [0.1, 0.15) is 30.3 Å². The Labute approximate surface area is 127 Å². The standard InChI is InChI=1S/C17H14FN3O/c18-12-5-6-15-14(8-12)17(20-10-19-15)21-13-7-11-3-1-2-4-16(11)22-9-13/h1-6,8,10,13H,7,9H2,(H,19,20,21). The molecule has 0 spiro atoms. The van der Waals surface area contributed by atoms with Crippen molar-refractivity contribution < 1.29 is 9.13 Å². The van der Waals surface area contributed by atoms with Gasteiger partial charge in [0, 0.05) is 5.39 Å². The predicted molar refractivity (Wildman–Crippen MR) is 82.5 cm³/mol. The van der Waals surface area contributed by atoms with Crippen molar-refractivity contribution in [2.24, 2.45) is 0 Å². The van der Waals surface area contributed by atoms with Crippen LogP contribution in [0.4, 0.5) is 10.2 Å². The zero-order valence-corrected chi connectivity index (χ0v) is 11.8. The Balaban J connectivity index is 1.63. The Hall–Kier alpha value is -2.69. The lowest BCUT2D eigenvalue weighted by Gasteiger charge is -2.26. The van der Waals surface area contributed by atoms with Crippen molar-refractivity contribution in [1.29, 1.82) is 0 Å². The summed E-state index contributed by atoms with van der Waals surface area (Å²) >= 11 is 0. The van der Waals surface area contributed by atoms with Crippen molar-refractivity contribution in [2.75, 3.05) is 11.9 Å². The number of fused-ring (bicyclic) bond motifs is 2. The Bertz CT molecular complexity index is 837. The average molecular weight is 295 g/mol. The molecule has 0 radical (unpaired) electrons. The molecule has 0 amide bonds. The summed E-state index contributed by atoms with van der Waals surface area (Å²) in [6.45, 7) is 0.553. The van der Waals surface area contributed by atoms with Crippen LogP contribution >= 0.6 is 0 Å². The second-order valence-electron chi connectivity index (χ2n) is 5.35. The maximum absolute atomic E-state index is 13.5. The maximum Gasteiger partial charge on any atom is 0.137 e. The molecule has 1 aliphatic rings. The molecule has 0 aliphatic carbocycles. The van der Waals surface area contributed by atoms with E-state index < -0.39 is 0 Å². The van der Waals surface area contributed by atoms with Gasteiger partial charge in [-0.3, -0.25) is 0 Å². The van der Waals surface area contributed by atoms with Gasteiger partial charge >= 0.3 is 0 Å². The molecule has 2 heterocycles. The van der Waals surface area contributed by atoms with Crippen LogP contribution in [0.3, 0.4) is 0 Å². The number of hydrogen-bond donors (Lipinski definition) is 1. The minimum atomic E-state index is -0.296. The minimum absolute atomic E-state index is 0.0938. The molecule has 0 saturated carbocycles. The molecule has 110 valence electrons. The first kappa shape index (κ1) is 13.0. The van der Waals surface area contributed by atoms with Gasteiger partial charge in [-0.05, 0) is 36.2 Å². The van der Waals surface area contributed by atoms with E-state index in [-0.39, 0.29) is 11.9 Å². The van der Waals surface area contributed by atoms with Crippen LogP contribution in [0.1, 0.15) is 5.56 Å². The topological polar surface area (TPSA) is 47.0 Å². The molecule has 0 saturated heterocycles. The summed E-state index contributed by atoms with van der Waals surface area (Å²) in [5.74, 6) is 1.27. The van der Waals surface area contributed by atoms with Crippen molar-refractivity contribution in [2.45, 2.75) is 12.5 Å². The van der Waals surface area contributed by atoms with Crippen molar-refractivity contribution in [3.05, 3.63) is 60.2 Å². The summed E-state index contributed by atoms with van der Waals surface area (Å²) in [6, 6.07) is 12.6. The lowest BCUT2D eigenvalue weighted by Crippen LogP contribution is -2.33. The third-order valence-corrected chi connectivity index (χ3v) is 3.82. The van der Waals surface area contributed by atoms with Gasteiger partial charge in [-0.1, -0.05) is 18.2 Å². The van der Waals surface area contributed by atoms with Gasteiger partial charge in [-0.25, -0.2) is 14.4 Å². The van der Waals surface area contributed by atoms with Crippen LogP contribution in [-0.2, 0) is 6.42 Å². The average Bonchev–Trinajstić information content (AvgIpc) is 2.55. The Morgan fingerprint density at radius 1 is 1.14 bits per heavy atom. The lowest BCUT2D eigenvalue weighted by molar-refractivity contribution is 0.272. The van der Waals surface area contributed by atoms with Crippen LogP contribution in [-0.4, -0.2) is 22.6 Å². The summed E-state index contributed by atoms with van der Waals surface area (Å²) in [5, 5.41) is 4.03. The van der Waals surface area contributed by atoms with E-state index in [2.05, 4.69) is 21.4 Å². The Morgan fingerprint density at radius 2 is 2.05 bits per heavy atom. The summed E-state index contributed by atoms with van der Waals surface area (Å²) < 4.78 is 19.2. The normalized spacial score (nSPS) is 16.9. The quantitative estimate of drug-likeness (QED) is 0.789. The zero-order chi connectivity index (χ0) is 14.9. The number of ether oxygens (including phenoxy) is 1. The third kappa shape index (κ3) is 2.35. The molecule has 0 bridgehead atoms. The zero-order valence-electron chi connectivity index (χ0n) is 11.8. The summed E-state index contributed by atoms with van der Waals surface area (Å²) in [7, 11) is 0. The maximum atomic E-state index is 13.5. The lowest BCUT2D eigenvalue weighted by atomic mass is 10.0. The second-order valence-corrected chi connectivity index (χ2v) is 5.35. The highest BCUT2D eigenvalue weighted by Crippen LogP contribution is 2.27. The number of aromatic nitrogens is 2. The molecule has 4 nitrogen and oxygen atoms in total. The fourth-order valence-corrected chi connectivity index (χ4v) is 2.76. The van der Waals surface area contributed by atoms with Gasteiger partial charge < -0.3 is 10.1 Å². The van der Waals surface area contributed by atoms with E-state index in [0.29, 0.717) is 17.8 Å². The highest BCUT2D eigenvalue weighted by Gasteiger charge is 2.20. The van der Waals surface area contributed by atoms with Crippen LogP contribution in [0.2, 0.25) is 0 Å². The van der Waals surface area contributed by atoms with Gasteiger partial charge in [0.25, 0.3) is 0 Å². The van der Waals surface area contributed by atoms with E-state index in [4.69, 9.17) is 4.74 Å². The van der Waals surface area contributed by atoms with Crippen molar-refractivity contribution in [1.82, 2.24) is 9.97 Å². The van der Waals surface area contributed by atoms with E-state index in [1.165, 1.54) is 18.5 Å². The number of nitrogens with zero attached hydrogens (tertiary/aromatic N) is 2. The summed E-state index contributed by atoms with van der Waals surface area (Å²) in [6.07, 6.45) is 2.33. The van der Waals surface area contributed by atoms with Gasteiger partial charge in [-0.2, -0.15) is 0 Å². The largest absolute Gasteiger partial charge is 0.491 e. The van der Waals surface area contributed by atoms with E-state index in [1.54, 1.807) is 6.07 Å². The highest BCUT2D eigenvalue weighted by molar-refractivity contribution is 5.88. The molecule has 1 unspecified atom stereocenters. The molecular formula is C17H14FN3O. The highest BCUT2D eigenvalue weighted by atomic mass is 19.1. The van der Waals surface area contributed by atoms with Crippen LogP contribution in [0.15, 0.2) is 48.8 Å². The monoisotopic (exact) mass is 295 g/mol. The number of halogens is 1. The summed E-state index contributed by atoms with van der Waals surface area (Å²) in [4.78, 5) is 8.42. The molecule has 1 N–H and O–H groups in total. The van der Waals surface area contributed by atoms with Gasteiger partial charge in [0.15, 0.2) is 0 Å². The first-order valence-electron chi connectivity index (χ1n) is 7.17. The predicted octanol–water partition coefficient (Wildman–Crippen LogP) is 3.18. The minimum Gasteiger partial charge on any atom is -0.491 e. The number of hydrogen-bond acceptors (Lipinski definition) is 4. The fraction of sp³-hybridized carbons (Fsp3) is 0.176. The van der Waals surface area contributed by atoms with Crippen molar-refractivity contribution in [3.8, 4) is 5.75 Å². The summed E-state index contributed by atoms with van der Waals surface area (Å²) in [5.41, 5.74) is 1.88. The fourth-order valence-electron chi connectivity index (χ4n) is 2.76. The number of anilines is 1. The first-order chi connectivity index (χ1) is 10.8. The molecule has 0 fully saturated rings. The number of rotatable bonds is 2. The van der Waals surface area contributed by atoms with Gasteiger partial charge in [0.05, 0.1) is 11.6 Å². The van der Waals surface area contributed by atoms with Gasteiger partial charge in [-0.15, -0.1) is 0 Å². The smallest absolute Gasteiger partial charge is 0.137 e. The molecular weight excluding hydrogens is 281 g/mol. The van der Waals surface area contributed by atoms with Crippen molar-refractivity contribution >= 4 is 16.7 Å².